The molecule has 1 heterocycles. The first-order valence-corrected chi connectivity index (χ1v) is 6.07. The summed E-state index contributed by atoms with van der Waals surface area (Å²) in [7, 11) is 1.88. The molecule has 1 fully saturated rings. The van der Waals surface area contributed by atoms with Crippen molar-refractivity contribution in [3.8, 4) is 0 Å². The van der Waals surface area contributed by atoms with E-state index in [0.717, 1.165) is 37.4 Å². The molecule has 0 unspecified atom stereocenters. The second-order valence-corrected chi connectivity index (χ2v) is 4.23. The summed E-state index contributed by atoms with van der Waals surface area (Å²) in [6.45, 7) is 3.75. The van der Waals surface area contributed by atoms with Gasteiger partial charge < -0.3 is 15.0 Å². The Morgan fingerprint density at radius 1 is 1.35 bits per heavy atom. The molecule has 1 saturated heterocycles. The van der Waals surface area contributed by atoms with Gasteiger partial charge in [-0.25, -0.2) is 4.39 Å². The predicted octanol–water partition coefficient (Wildman–Crippen LogP) is 1.77. The average Bonchev–Trinajstić information content (AvgIpc) is 2.58. The highest BCUT2D eigenvalue weighted by Gasteiger charge is 2.17. The summed E-state index contributed by atoms with van der Waals surface area (Å²) in [6.07, 6.45) is 0.952. The van der Waals surface area contributed by atoms with Crippen LogP contribution in [-0.4, -0.2) is 33.4 Å². The number of ether oxygens (including phenoxy) is 1. The first-order chi connectivity index (χ1) is 8.33. The van der Waals surface area contributed by atoms with Crippen LogP contribution >= 0.6 is 0 Å². The Kier molecular flexibility index (Phi) is 4.34. The summed E-state index contributed by atoms with van der Waals surface area (Å²) in [5.41, 5.74) is 1.74. The minimum atomic E-state index is -0.139. The Labute approximate surface area is 102 Å². The molecule has 4 heteroatoms. The fraction of sp³-hybridized carbons (Fsp3) is 0.538. The van der Waals surface area contributed by atoms with Gasteiger partial charge in [-0.3, -0.25) is 0 Å². The van der Waals surface area contributed by atoms with E-state index in [0.29, 0.717) is 13.2 Å². The van der Waals surface area contributed by atoms with Crippen molar-refractivity contribution in [3.05, 3.63) is 29.6 Å². The van der Waals surface area contributed by atoms with Gasteiger partial charge >= 0.3 is 0 Å². The van der Waals surface area contributed by atoms with E-state index in [1.165, 1.54) is 6.07 Å². The molecule has 0 radical (unpaired) electrons. The number of nitrogens with one attached hydrogen (secondary N) is 1. The monoisotopic (exact) mass is 238 g/mol. The molecule has 0 aliphatic carbocycles. The fourth-order valence-corrected chi connectivity index (χ4v) is 2.22. The van der Waals surface area contributed by atoms with Gasteiger partial charge in [0.1, 0.15) is 5.82 Å². The predicted molar refractivity (Wildman–Crippen MR) is 66.8 cm³/mol. The minimum Gasteiger partial charge on any atom is -0.380 e. The van der Waals surface area contributed by atoms with Crippen LogP contribution in [0.2, 0.25) is 0 Å². The molecule has 17 heavy (non-hydrogen) atoms. The summed E-state index contributed by atoms with van der Waals surface area (Å²) < 4.78 is 19.4. The van der Waals surface area contributed by atoms with Gasteiger partial charge in [-0.15, -0.1) is 0 Å². The van der Waals surface area contributed by atoms with Gasteiger partial charge in [-0.05, 0) is 25.1 Å². The molecule has 2 rings (SSSR count). The zero-order valence-corrected chi connectivity index (χ0v) is 10.2. The number of nitrogens with zero attached hydrogens (tertiary/aromatic N) is 1. The first-order valence-electron chi connectivity index (χ1n) is 6.07. The Bertz CT molecular complexity index is 362. The molecule has 0 aromatic heterocycles. The maximum Gasteiger partial charge on any atom is 0.146 e. The molecule has 1 aromatic rings. The molecule has 1 aliphatic heterocycles. The summed E-state index contributed by atoms with van der Waals surface area (Å²) in [4.78, 5) is 2.09. The van der Waals surface area contributed by atoms with Crippen LogP contribution in [-0.2, 0) is 11.3 Å². The largest absolute Gasteiger partial charge is 0.380 e. The fourth-order valence-electron chi connectivity index (χ4n) is 2.22. The number of benzene rings is 1. The lowest BCUT2D eigenvalue weighted by Gasteiger charge is -2.25. The third-order valence-corrected chi connectivity index (χ3v) is 2.98. The Hall–Kier alpha value is -1.13. The molecular formula is C13H19FN2O. The zero-order valence-electron chi connectivity index (χ0n) is 10.2. The molecule has 0 amide bonds. The maximum absolute atomic E-state index is 14.0. The van der Waals surface area contributed by atoms with Crippen molar-refractivity contribution >= 4 is 5.69 Å². The first kappa shape index (κ1) is 12.3. The highest BCUT2D eigenvalue weighted by atomic mass is 19.1. The van der Waals surface area contributed by atoms with Crippen LogP contribution in [0.3, 0.4) is 0 Å². The van der Waals surface area contributed by atoms with E-state index in [1.807, 2.05) is 13.1 Å². The van der Waals surface area contributed by atoms with Crippen LogP contribution in [0.25, 0.3) is 0 Å². The van der Waals surface area contributed by atoms with Crippen LogP contribution in [0.15, 0.2) is 18.2 Å². The summed E-state index contributed by atoms with van der Waals surface area (Å²) in [5.74, 6) is -0.139. The molecule has 1 aliphatic rings. The highest BCUT2D eigenvalue weighted by Crippen LogP contribution is 2.25. The number of para-hydroxylation sites is 1. The Balaban J connectivity index is 2.27. The number of anilines is 1. The molecule has 94 valence electrons. The van der Waals surface area contributed by atoms with Gasteiger partial charge in [-0.1, -0.05) is 12.1 Å². The summed E-state index contributed by atoms with van der Waals surface area (Å²) in [6, 6.07) is 5.26. The van der Waals surface area contributed by atoms with Crippen molar-refractivity contribution in [2.24, 2.45) is 0 Å². The maximum atomic E-state index is 14.0. The number of halogens is 1. The molecule has 0 saturated carbocycles. The van der Waals surface area contributed by atoms with Gasteiger partial charge in [0.25, 0.3) is 0 Å². The molecule has 1 N–H and O–H groups in total. The average molecular weight is 238 g/mol. The molecular weight excluding hydrogens is 219 g/mol. The van der Waals surface area contributed by atoms with E-state index in [1.54, 1.807) is 6.07 Å². The molecule has 0 spiro atoms. The third kappa shape index (κ3) is 2.96. The van der Waals surface area contributed by atoms with Crippen LogP contribution in [0.4, 0.5) is 10.1 Å². The van der Waals surface area contributed by atoms with Crippen molar-refractivity contribution in [1.29, 1.82) is 0 Å². The van der Waals surface area contributed by atoms with Gasteiger partial charge in [0.05, 0.1) is 12.3 Å². The lowest BCUT2D eigenvalue weighted by molar-refractivity contribution is 0.152. The SMILES string of the molecule is CNCc1cccc(F)c1N1CCCOCC1. The van der Waals surface area contributed by atoms with Crippen molar-refractivity contribution in [2.75, 3.05) is 38.3 Å². The van der Waals surface area contributed by atoms with Gasteiger partial charge in [-0.2, -0.15) is 0 Å². The van der Waals surface area contributed by atoms with E-state index in [2.05, 4.69) is 10.2 Å². The van der Waals surface area contributed by atoms with Crippen molar-refractivity contribution in [1.82, 2.24) is 5.32 Å². The topological polar surface area (TPSA) is 24.5 Å². The van der Waals surface area contributed by atoms with E-state index >= 15 is 0 Å². The minimum absolute atomic E-state index is 0.139. The van der Waals surface area contributed by atoms with E-state index in [9.17, 15) is 4.39 Å². The van der Waals surface area contributed by atoms with Crippen LogP contribution < -0.4 is 10.2 Å². The molecule has 1 aromatic carbocycles. The van der Waals surface area contributed by atoms with Crippen molar-refractivity contribution in [3.63, 3.8) is 0 Å². The number of hydrogen-bond donors (Lipinski definition) is 1. The lowest BCUT2D eigenvalue weighted by atomic mass is 10.1. The van der Waals surface area contributed by atoms with Crippen molar-refractivity contribution < 1.29 is 9.13 Å². The van der Waals surface area contributed by atoms with Crippen LogP contribution in [0, 0.1) is 5.82 Å². The summed E-state index contributed by atoms with van der Waals surface area (Å²) >= 11 is 0. The smallest absolute Gasteiger partial charge is 0.146 e. The van der Waals surface area contributed by atoms with E-state index < -0.39 is 0 Å². The zero-order chi connectivity index (χ0) is 12.1. The standard InChI is InChI=1S/C13H19FN2O/c1-15-10-11-4-2-5-12(14)13(11)16-6-3-8-17-9-7-16/h2,4-5,15H,3,6-10H2,1H3. The van der Waals surface area contributed by atoms with Gasteiger partial charge in [0.15, 0.2) is 0 Å². The highest BCUT2D eigenvalue weighted by molar-refractivity contribution is 5.55. The third-order valence-electron chi connectivity index (χ3n) is 2.98. The lowest BCUT2D eigenvalue weighted by Crippen LogP contribution is -2.28. The second-order valence-electron chi connectivity index (χ2n) is 4.23. The van der Waals surface area contributed by atoms with E-state index in [-0.39, 0.29) is 5.82 Å². The molecule has 0 atom stereocenters. The number of rotatable bonds is 3. The van der Waals surface area contributed by atoms with Gasteiger partial charge in [0.2, 0.25) is 0 Å². The van der Waals surface area contributed by atoms with Crippen molar-refractivity contribution in [2.45, 2.75) is 13.0 Å². The summed E-state index contributed by atoms with van der Waals surface area (Å²) in [5, 5.41) is 3.08. The molecule has 0 bridgehead atoms. The van der Waals surface area contributed by atoms with E-state index in [4.69, 9.17) is 4.74 Å². The number of hydrogen-bond acceptors (Lipinski definition) is 3. The van der Waals surface area contributed by atoms with Crippen LogP contribution in [0.5, 0.6) is 0 Å². The van der Waals surface area contributed by atoms with Crippen LogP contribution in [0.1, 0.15) is 12.0 Å². The Morgan fingerprint density at radius 2 is 2.24 bits per heavy atom. The normalized spacial score (nSPS) is 16.9. The Morgan fingerprint density at radius 3 is 3.06 bits per heavy atom. The molecule has 3 nitrogen and oxygen atoms in total. The van der Waals surface area contributed by atoms with Gasteiger partial charge in [0, 0.05) is 26.2 Å². The quantitative estimate of drug-likeness (QED) is 0.868. The second kappa shape index (κ2) is 5.98.